The van der Waals surface area contributed by atoms with Crippen LogP contribution in [0.1, 0.15) is 0 Å². The Kier molecular flexibility index (Phi) is 7.11. The minimum absolute atomic E-state index is 0.914. The fourth-order valence-corrected chi connectivity index (χ4v) is 10.6. The zero-order valence-corrected chi connectivity index (χ0v) is 34.1. The molecule has 3 heterocycles. The Labute approximate surface area is 361 Å². The Bertz CT molecular complexity index is 4160. The minimum Gasteiger partial charge on any atom is -0.456 e. The summed E-state index contributed by atoms with van der Waals surface area (Å²) in [5, 5.41) is 15.0. The van der Waals surface area contributed by atoms with Crippen molar-refractivity contribution in [2.75, 3.05) is 0 Å². The summed E-state index contributed by atoms with van der Waals surface area (Å²) in [7, 11) is 0. The highest BCUT2D eigenvalue weighted by Gasteiger charge is 2.18. The van der Waals surface area contributed by atoms with E-state index in [-0.39, 0.29) is 0 Å². The smallest absolute Gasteiger partial charge is 0.135 e. The maximum atomic E-state index is 6.11. The predicted octanol–water partition coefficient (Wildman–Crippen LogP) is 16.6. The monoisotopic (exact) mass is 800 g/mol. The van der Waals surface area contributed by atoms with Gasteiger partial charge in [0.05, 0.1) is 22.1 Å². The third-order valence-corrected chi connectivity index (χ3v) is 13.5. The molecule has 0 saturated heterocycles. The minimum atomic E-state index is 0.914. The molecule has 0 fully saturated rings. The van der Waals surface area contributed by atoms with Crippen molar-refractivity contribution in [1.82, 2.24) is 9.13 Å². The van der Waals surface area contributed by atoms with Gasteiger partial charge in [0.2, 0.25) is 0 Å². The summed E-state index contributed by atoms with van der Waals surface area (Å²) >= 11 is 0. The number of para-hydroxylation sites is 3. The van der Waals surface area contributed by atoms with Crippen LogP contribution in [0.3, 0.4) is 0 Å². The van der Waals surface area contributed by atoms with Gasteiger partial charge in [0.1, 0.15) is 11.2 Å². The van der Waals surface area contributed by atoms with Gasteiger partial charge in [0.15, 0.2) is 0 Å². The van der Waals surface area contributed by atoms with E-state index in [0.29, 0.717) is 0 Å². The van der Waals surface area contributed by atoms with Crippen LogP contribution in [0.2, 0.25) is 0 Å². The molecule has 11 aromatic carbocycles. The van der Waals surface area contributed by atoms with Gasteiger partial charge in [-0.1, -0.05) is 140 Å². The second-order valence-electron chi connectivity index (χ2n) is 16.8. The zero-order chi connectivity index (χ0) is 41.2. The molecule has 292 valence electrons. The van der Waals surface area contributed by atoms with Crippen molar-refractivity contribution in [2.24, 2.45) is 0 Å². The molecule has 3 aromatic heterocycles. The lowest BCUT2D eigenvalue weighted by Crippen LogP contribution is -1.94. The topological polar surface area (TPSA) is 23.0 Å². The van der Waals surface area contributed by atoms with Gasteiger partial charge in [-0.15, -0.1) is 0 Å². The summed E-state index contributed by atoms with van der Waals surface area (Å²) in [6.07, 6.45) is 0. The first kappa shape index (κ1) is 34.3. The molecule has 14 rings (SSSR count). The molecule has 0 amide bonds. The second kappa shape index (κ2) is 13.1. The van der Waals surface area contributed by atoms with Gasteiger partial charge in [0.25, 0.3) is 0 Å². The summed E-state index contributed by atoms with van der Waals surface area (Å²) < 4.78 is 11.0. The van der Waals surface area contributed by atoms with E-state index in [4.69, 9.17) is 4.42 Å². The number of hydrogen-bond donors (Lipinski definition) is 0. The van der Waals surface area contributed by atoms with E-state index in [2.05, 4.69) is 215 Å². The second-order valence-corrected chi connectivity index (χ2v) is 16.8. The van der Waals surface area contributed by atoms with Crippen LogP contribution in [0.15, 0.2) is 223 Å². The third kappa shape index (κ3) is 5.02. The molecule has 0 aliphatic rings. The van der Waals surface area contributed by atoms with Crippen molar-refractivity contribution >= 4 is 97.9 Å². The molecule has 63 heavy (non-hydrogen) atoms. The normalized spacial score (nSPS) is 12.1. The van der Waals surface area contributed by atoms with E-state index in [0.717, 1.165) is 33.3 Å². The Hall–Kier alpha value is -8.40. The third-order valence-electron chi connectivity index (χ3n) is 13.5. The van der Waals surface area contributed by atoms with Crippen molar-refractivity contribution in [3.05, 3.63) is 218 Å². The molecule has 0 aliphatic carbocycles. The number of benzene rings is 11. The van der Waals surface area contributed by atoms with Crippen LogP contribution in [0.4, 0.5) is 0 Å². The summed E-state index contributed by atoms with van der Waals surface area (Å²) in [5.41, 5.74) is 13.7. The number of furan rings is 1. The van der Waals surface area contributed by atoms with E-state index >= 15 is 0 Å². The van der Waals surface area contributed by atoms with Crippen molar-refractivity contribution in [3.63, 3.8) is 0 Å². The number of fused-ring (bicyclic) bond motifs is 15. The Balaban J connectivity index is 0.880. The highest BCUT2D eigenvalue weighted by molar-refractivity contribution is 6.26. The molecular weight excluding hydrogens is 765 g/mol. The highest BCUT2D eigenvalue weighted by Crippen LogP contribution is 2.41. The van der Waals surface area contributed by atoms with Gasteiger partial charge in [-0.25, -0.2) is 0 Å². The first-order chi connectivity index (χ1) is 31.2. The molecule has 0 N–H and O–H groups in total. The summed E-state index contributed by atoms with van der Waals surface area (Å²) in [6.45, 7) is 0. The first-order valence-electron chi connectivity index (χ1n) is 21.7. The van der Waals surface area contributed by atoms with Crippen molar-refractivity contribution in [2.45, 2.75) is 0 Å². The van der Waals surface area contributed by atoms with Crippen molar-refractivity contribution < 1.29 is 4.42 Å². The van der Waals surface area contributed by atoms with Crippen LogP contribution in [0.25, 0.3) is 131 Å². The Morgan fingerprint density at radius 2 is 0.619 bits per heavy atom. The Morgan fingerprint density at radius 1 is 0.222 bits per heavy atom. The van der Waals surface area contributed by atoms with E-state index < -0.39 is 0 Å². The molecule has 14 aromatic rings. The molecule has 3 heteroatoms. The van der Waals surface area contributed by atoms with Crippen LogP contribution < -0.4 is 0 Å². The highest BCUT2D eigenvalue weighted by atomic mass is 16.3. The molecular formula is C60H36N2O. The number of aromatic nitrogens is 2. The van der Waals surface area contributed by atoms with Gasteiger partial charge in [-0.2, -0.15) is 0 Å². The van der Waals surface area contributed by atoms with Gasteiger partial charge in [0, 0.05) is 43.7 Å². The van der Waals surface area contributed by atoms with Crippen LogP contribution >= 0.6 is 0 Å². The maximum Gasteiger partial charge on any atom is 0.135 e. The zero-order valence-electron chi connectivity index (χ0n) is 34.1. The summed E-state index contributed by atoms with van der Waals surface area (Å²) in [6, 6.07) is 79.9. The van der Waals surface area contributed by atoms with Gasteiger partial charge < -0.3 is 13.6 Å². The van der Waals surface area contributed by atoms with Crippen molar-refractivity contribution in [1.29, 1.82) is 0 Å². The number of rotatable bonds is 4. The molecule has 0 atom stereocenters. The molecule has 0 bridgehead atoms. The van der Waals surface area contributed by atoms with Crippen LogP contribution in [-0.4, -0.2) is 9.13 Å². The van der Waals surface area contributed by atoms with Gasteiger partial charge in [-0.3, -0.25) is 0 Å². The van der Waals surface area contributed by atoms with E-state index in [1.807, 2.05) is 12.1 Å². The molecule has 0 saturated carbocycles. The largest absolute Gasteiger partial charge is 0.456 e. The molecule has 3 nitrogen and oxygen atoms in total. The summed E-state index contributed by atoms with van der Waals surface area (Å²) in [4.78, 5) is 0. The molecule has 0 spiro atoms. The van der Waals surface area contributed by atoms with Crippen molar-refractivity contribution in [3.8, 4) is 33.6 Å². The first-order valence-corrected chi connectivity index (χ1v) is 21.7. The standard InChI is InChI=1S/C60H36N2O/c1-2-13-45-43(11-1)44-12-3-4-14-46(44)51-36-42(28-29-47(45)51)62-56-19-9-6-16-49(56)53-34-40(24-31-58(53)62)39-23-30-57-52(33-39)48-15-5-8-18-55(48)61(57)41-26-21-37(22-27-41)38-25-32-60-54(35-38)50-17-7-10-20-59(50)63-60/h1-36H. The van der Waals surface area contributed by atoms with E-state index in [9.17, 15) is 0 Å². The van der Waals surface area contributed by atoms with Crippen LogP contribution in [0, 0.1) is 0 Å². The Morgan fingerprint density at radius 3 is 1.24 bits per heavy atom. The average Bonchev–Trinajstić information content (AvgIpc) is 4.01. The SMILES string of the molecule is c1ccc2c(c1)oc1ccc(-c3ccc(-n4c5ccccc5c5cc(-c6ccc7c(c6)c6ccccc6n7-c6ccc7c8ccccc8c8ccccc8c7c6)ccc54)cc3)cc12. The number of nitrogens with zero attached hydrogens (tertiary/aromatic N) is 2. The predicted molar refractivity (Wildman–Crippen MR) is 266 cm³/mol. The summed E-state index contributed by atoms with van der Waals surface area (Å²) in [5.74, 6) is 0. The molecule has 0 aliphatic heterocycles. The van der Waals surface area contributed by atoms with Gasteiger partial charge in [-0.05, 0) is 133 Å². The van der Waals surface area contributed by atoms with E-state index in [1.54, 1.807) is 0 Å². The lowest BCUT2D eigenvalue weighted by atomic mass is 9.94. The lowest BCUT2D eigenvalue weighted by Gasteiger charge is -2.14. The van der Waals surface area contributed by atoms with E-state index in [1.165, 1.54) is 98.2 Å². The molecule has 0 unspecified atom stereocenters. The fourth-order valence-electron chi connectivity index (χ4n) is 10.6. The maximum absolute atomic E-state index is 6.11. The van der Waals surface area contributed by atoms with Crippen LogP contribution in [-0.2, 0) is 0 Å². The lowest BCUT2D eigenvalue weighted by molar-refractivity contribution is 0.669. The fraction of sp³-hybridized carbons (Fsp3) is 0. The average molecular weight is 801 g/mol. The quantitative estimate of drug-likeness (QED) is 0.163. The number of hydrogen-bond acceptors (Lipinski definition) is 1. The van der Waals surface area contributed by atoms with Crippen LogP contribution in [0.5, 0.6) is 0 Å². The molecule has 0 radical (unpaired) electrons. The van der Waals surface area contributed by atoms with Gasteiger partial charge >= 0.3 is 0 Å².